The van der Waals surface area contributed by atoms with Crippen molar-refractivity contribution in [3.8, 4) is 5.75 Å². The molecule has 11 heteroatoms. The lowest BCUT2D eigenvalue weighted by Crippen LogP contribution is -2.14. The first-order valence-electron chi connectivity index (χ1n) is 13.1. The van der Waals surface area contributed by atoms with Crippen LogP contribution in [0.2, 0.25) is 0 Å². The smallest absolute Gasteiger partial charge is 0.156 e. The average molecular weight is 560 g/mol. The Morgan fingerprint density at radius 2 is 1.54 bits per heavy atom. The molecule has 0 atom stereocenters. The zero-order valence-corrected chi connectivity index (χ0v) is 24.5. The van der Waals surface area contributed by atoms with Crippen LogP contribution in [-0.4, -0.2) is 84.4 Å². The molecule has 0 aliphatic rings. The minimum absolute atomic E-state index is 0.0128. The van der Waals surface area contributed by atoms with Crippen molar-refractivity contribution < 1.29 is 23.7 Å². The van der Waals surface area contributed by atoms with Crippen molar-refractivity contribution in [3.63, 3.8) is 0 Å². The molecule has 2 N–H and O–H groups in total. The normalized spacial score (nSPS) is 11.7. The number of thioether (sulfide) groups is 1. The molecular formula is C28H41N5O5S. The van der Waals surface area contributed by atoms with Crippen LogP contribution in [0.25, 0.3) is 10.9 Å². The second kappa shape index (κ2) is 15.8. The van der Waals surface area contributed by atoms with E-state index in [9.17, 15) is 0 Å². The number of rotatable bonds is 18. The van der Waals surface area contributed by atoms with Gasteiger partial charge < -0.3 is 29.0 Å². The summed E-state index contributed by atoms with van der Waals surface area (Å²) in [6.45, 7) is 18.7. The minimum atomic E-state index is -0.0128. The predicted molar refractivity (Wildman–Crippen MR) is 155 cm³/mol. The molecule has 3 aromatic rings. The number of aromatic nitrogens is 4. The summed E-state index contributed by atoms with van der Waals surface area (Å²) in [4.78, 5) is 9.99. The van der Waals surface area contributed by atoms with Gasteiger partial charge in [0, 0.05) is 27.5 Å². The average Bonchev–Trinajstić information content (AvgIpc) is 3.20. The van der Waals surface area contributed by atoms with Crippen molar-refractivity contribution in [1.29, 1.82) is 0 Å². The molecule has 10 nitrogen and oxygen atoms in total. The van der Waals surface area contributed by atoms with E-state index in [4.69, 9.17) is 23.7 Å². The molecule has 0 spiro atoms. The van der Waals surface area contributed by atoms with E-state index in [-0.39, 0.29) is 4.75 Å². The van der Waals surface area contributed by atoms with Crippen LogP contribution in [0, 0.1) is 13.8 Å². The molecule has 0 amide bonds. The summed E-state index contributed by atoms with van der Waals surface area (Å²) >= 11 is 1.74. The number of ether oxygens (including phenoxy) is 5. The van der Waals surface area contributed by atoms with Gasteiger partial charge >= 0.3 is 0 Å². The van der Waals surface area contributed by atoms with Crippen molar-refractivity contribution in [3.05, 3.63) is 42.4 Å². The molecule has 0 aliphatic heterocycles. The number of fused-ring (bicyclic) bond motifs is 1. The van der Waals surface area contributed by atoms with Crippen molar-refractivity contribution in [2.45, 2.75) is 44.3 Å². The molecule has 0 fully saturated rings. The fraction of sp³-hybridized carbons (Fsp3) is 0.536. The highest BCUT2D eigenvalue weighted by Gasteiger charge is 2.19. The van der Waals surface area contributed by atoms with E-state index < -0.39 is 0 Å². The molecule has 0 saturated carbocycles. The van der Waals surface area contributed by atoms with Crippen molar-refractivity contribution in [1.82, 2.24) is 20.2 Å². The lowest BCUT2D eigenvalue weighted by Gasteiger charge is -2.21. The number of hydrogen-bond acceptors (Lipinski definition) is 10. The number of benzene rings is 1. The predicted octanol–water partition coefficient (Wildman–Crippen LogP) is 5.24. The second-order valence-electron chi connectivity index (χ2n) is 9.75. The van der Waals surface area contributed by atoms with Crippen LogP contribution >= 0.6 is 11.8 Å². The maximum Gasteiger partial charge on any atom is 0.156 e. The van der Waals surface area contributed by atoms with Gasteiger partial charge in [-0.05, 0) is 19.9 Å². The Kier molecular flexibility index (Phi) is 12.5. The molecule has 3 rings (SSSR count). The summed E-state index contributed by atoms with van der Waals surface area (Å²) in [5.74, 6) is 2.22. The van der Waals surface area contributed by atoms with Gasteiger partial charge in [0.05, 0.1) is 63.3 Å². The summed E-state index contributed by atoms with van der Waals surface area (Å²) in [5.41, 5.74) is 2.85. The molecule has 1 aromatic carbocycles. The number of aryl methyl sites for hydroxylation is 1. The van der Waals surface area contributed by atoms with Gasteiger partial charge in [-0.1, -0.05) is 26.8 Å². The minimum Gasteiger partial charge on any atom is -0.490 e. The summed E-state index contributed by atoms with van der Waals surface area (Å²) in [6.07, 6.45) is 3.26. The molecule has 214 valence electrons. The first-order chi connectivity index (χ1) is 18.8. The van der Waals surface area contributed by atoms with E-state index in [2.05, 4.69) is 58.9 Å². The lowest BCUT2D eigenvalue weighted by atomic mass is 10.2. The van der Waals surface area contributed by atoms with E-state index >= 15 is 0 Å². The van der Waals surface area contributed by atoms with Crippen LogP contribution in [-0.2, 0) is 18.9 Å². The molecular weight excluding hydrogens is 518 g/mol. The van der Waals surface area contributed by atoms with E-state index in [1.54, 1.807) is 24.2 Å². The Morgan fingerprint density at radius 1 is 0.897 bits per heavy atom. The second-order valence-corrected chi connectivity index (χ2v) is 11.6. The zero-order chi connectivity index (χ0) is 28.1. The highest BCUT2D eigenvalue weighted by molar-refractivity contribution is 8.00. The van der Waals surface area contributed by atoms with E-state index in [1.807, 2.05) is 19.9 Å². The summed E-state index contributed by atoms with van der Waals surface area (Å²) < 4.78 is 28.0. The number of nitrogens with zero attached hydrogens (tertiary/aromatic N) is 3. The Morgan fingerprint density at radius 3 is 2.13 bits per heavy atom. The third kappa shape index (κ3) is 10.4. The molecule has 0 bridgehead atoms. The maximum atomic E-state index is 6.15. The molecule has 0 saturated heterocycles. The SMILES string of the molecule is C=CCOCCOCCOCCOCCOc1cc2ncnc(Nc3n[nH]c(C)c3C)c2cc1SC(C)(C)C. The summed E-state index contributed by atoms with van der Waals surface area (Å²) in [5, 5.41) is 11.6. The van der Waals surface area contributed by atoms with Gasteiger partial charge in [-0.2, -0.15) is 5.10 Å². The van der Waals surface area contributed by atoms with Gasteiger partial charge in [0.25, 0.3) is 0 Å². The van der Waals surface area contributed by atoms with Crippen LogP contribution < -0.4 is 10.1 Å². The van der Waals surface area contributed by atoms with Gasteiger partial charge in [0.15, 0.2) is 5.82 Å². The third-order valence-corrected chi connectivity index (χ3v) is 6.60. The monoisotopic (exact) mass is 559 g/mol. The topological polar surface area (TPSA) is 113 Å². The molecule has 0 aliphatic carbocycles. The molecule has 0 radical (unpaired) electrons. The maximum absolute atomic E-state index is 6.15. The number of nitrogens with one attached hydrogen (secondary N) is 2. The fourth-order valence-electron chi connectivity index (χ4n) is 3.44. The standard InChI is InChI=1S/C28H41N5O5S/c1-7-8-34-9-10-35-11-12-36-13-14-37-15-16-38-24-18-23-22(17-25(24)39-28(4,5)6)27(30-19-29-23)31-26-20(2)21(3)32-33-26/h7,17-19H,1,8-16H2,2-6H3,(H2,29,30,31,32,33). The van der Waals surface area contributed by atoms with Gasteiger partial charge in [-0.3, -0.25) is 5.10 Å². The largest absolute Gasteiger partial charge is 0.490 e. The number of hydrogen-bond donors (Lipinski definition) is 2. The van der Waals surface area contributed by atoms with E-state index in [0.717, 1.165) is 38.6 Å². The Balaban J connectivity index is 1.51. The highest BCUT2D eigenvalue weighted by Crippen LogP contribution is 2.41. The number of aromatic amines is 1. The quantitative estimate of drug-likeness (QED) is 0.122. The van der Waals surface area contributed by atoms with Gasteiger partial charge in [-0.15, -0.1) is 18.3 Å². The lowest BCUT2D eigenvalue weighted by molar-refractivity contribution is -0.00229. The van der Waals surface area contributed by atoms with Crippen LogP contribution in [0.3, 0.4) is 0 Å². The molecule has 2 heterocycles. The van der Waals surface area contributed by atoms with Gasteiger partial charge in [-0.25, -0.2) is 9.97 Å². The summed E-state index contributed by atoms with van der Waals surface area (Å²) in [7, 11) is 0. The molecule has 0 unspecified atom stereocenters. The van der Waals surface area contributed by atoms with Gasteiger partial charge in [0.2, 0.25) is 0 Å². The van der Waals surface area contributed by atoms with Crippen LogP contribution in [0.15, 0.2) is 36.0 Å². The van der Waals surface area contributed by atoms with Crippen LogP contribution in [0.1, 0.15) is 32.0 Å². The Hall–Kier alpha value is -2.70. The van der Waals surface area contributed by atoms with Crippen LogP contribution in [0.4, 0.5) is 11.6 Å². The number of anilines is 2. The zero-order valence-electron chi connectivity index (χ0n) is 23.7. The molecule has 2 aromatic heterocycles. The van der Waals surface area contributed by atoms with Gasteiger partial charge in [0.1, 0.15) is 24.5 Å². The summed E-state index contributed by atoms with van der Waals surface area (Å²) in [6, 6.07) is 4.05. The van der Waals surface area contributed by atoms with Crippen molar-refractivity contribution >= 4 is 34.3 Å². The van der Waals surface area contributed by atoms with E-state index in [1.165, 1.54) is 0 Å². The van der Waals surface area contributed by atoms with E-state index in [0.29, 0.717) is 65.3 Å². The first-order valence-corrected chi connectivity index (χ1v) is 13.9. The fourth-order valence-corrected chi connectivity index (χ4v) is 4.50. The van der Waals surface area contributed by atoms with Crippen molar-refractivity contribution in [2.24, 2.45) is 0 Å². The third-order valence-electron chi connectivity index (χ3n) is 5.44. The Bertz CT molecular complexity index is 1180. The van der Waals surface area contributed by atoms with Crippen molar-refractivity contribution in [2.75, 3.05) is 64.8 Å². The number of H-pyrrole nitrogens is 1. The Labute approximate surface area is 235 Å². The molecule has 39 heavy (non-hydrogen) atoms. The van der Waals surface area contributed by atoms with Crippen LogP contribution in [0.5, 0.6) is 5.75 Å². The first kappa shape index (κ1) is 30.8. The highest BCUT2D eigenvalue weighted by atomic mass is 32.2.